The molecule has 1 rings (SSSR count). The zero-order valence-electron chi connectivity index (χ0n) is 11.0. The van der Waals surface area contributed by atoms with Crippen molar-refractivity contribution in [3.8, 4) is 0 Å². The molecule has 1 aromatic rings. The van der Waals surface area contributed by atoms with Crippen LogP contribution in [0.2, 0.25) is 0 Å². The summed E-state index contributed by atoms with van der Waals surface area (Å²) >= 11 is -0.619. The first kappa shape index (κ1) is 15.3. The molecule has 18 heavy (non-hydrogen) atoms. The molecule has 0 bridgehead atoms. The van der Waals surface area contributed by atoms with Crippen molar-refractivity contribution < 1.29 is 9.53 Å². The minimum atomic E-state index is -0.619. The van der Waals surface area contributed by atoms with Gasteiger partial charge in [-0.15, -0.1) is 0 Å². The maximum atomic E-state index is 11.9. The Morgan fingerprint density at radius 3 is 2.61 bits per heavy atom. The summed E-state index contributed by atoms with van der Waals surface area (Å²) in [7, 11) is 0. The van der Waals surface area contributed by atoms with E-state index in [0.29, 0.717) is 6.61 Å². The summed E-state index contributed by atoms with van der Waals surface area (Å²) in [5.41, 5.74) is 0. The fraction of sp³-hybridized carbons (Fsp3) is 0.400. The van der Waals surface area contributed by atoms with Crippen LogP contribution in [0.5, 0.6) is 0 Å². The van der Waals surface area contributed by atoms with E-state index in [4.69, 9.17) is 4.74 Å². The van der Waals surface area contributed by atoms with Crippen molar-refractivity contribution in [2.75, 3.05) is 6.61 Å². The molecule has 0 unspecified atom stereocenters. The van der Waals surface area contributed by atoms with Gasteiger partial charge in [0, 0.05) is 0 Å². The summed E-state index contributed by atoms with van der Waals surface area (Å²) in [6.07, 6.45) is 5.34. The predicted octanol–water partition coefficient (Wildman–Crippen LogP) is 2.65. The fourth-order valence-corrected chi connectivity index (χ4v) is 3.96. The van der Waals surface area contributed by atoms with Crippen LogP contribution in [0.1, 0.15) is 33.1 Å². The number of carbonyl (C=O) groups is 1. The molecule has 0 fully saturated rings. The van der Waals surface area contributed by atoms with Gasteiger partial charge in [-0.05, 0) is 0 Å². The van der Waals surface area contributed by atoms with Crippen molar-refractivity contribution >= 4 is 30.5 Å². The molecule has 0 aromatic heterocycles. The molecule has 1 aromatic carbocycles. The molecule has 98 valence electrons. The van der Waals surface area contributed by atoms with Gasteiger partial charge in [-0.2, -0.15) is 0 Å². The zero-order chi connectivity index (χ0) is 13.2. The Kier molecular flexibility index (Phi) is 7.80. The Hall–Kier alpha value is -0.780. The van der Waals surface area contributed by atoms with Crippen LogP contribution in [0.15, 0.2) is 40.0 Å². The summed E-state index contributed by atoms with van der Waals surface area (Å²) in [4.78, 5) is 11.9. The minimum absolute atomic E-state index is 0.125. The molecule has 0 aliphatic rings. The third kappa shape index (κ3) is 5.71. The van der Waals surface area contributed by atoms with E-state index in [9.17, 15) is 4.79 Å². The van der Waals surface area contributed by atoms with Crippen molar-refractivity contribution in [2.24, 2.45) is 0 Å². The number of esters is 1. The standard InChI is InChI=1S/C15H20O2Te/c1-3-5-7-12-14(15(16)17-4-2)18-13-10-8-6-9-11-13/h6,8-12H,3-5,7H2,1-2H3/b14-12-. The third-order valence-electron chi connectivity index (χ3n) is 2.34. The van der Waals surface area contributed by atoms with Gasteiger partial charge in [0.15, 0.2) is 0 Å². The molecule has 0 saturated carbocycles. The summed E-state index contributed by atoms with van der Waals surface area (Å²) in [5, 5.41) is 0. The Morgan fingerprint density at radius 2 is 2.00 bits per heavy atom. The molecule has 0 N–H and O–H groups in total. The summed E-state index contributed by atoms with van der Waals surface area (Å²) in [5.74, 6) is -0.125. The molecule has 3 heteroatoms. The van der Waals surface area contributed by atoms with Gasteiger partial charge in [-0.25, -0.2) is 0 Å². The monoisotopic (exact) mass is 362 g/mol. The molecule has 0 spiro atoms. The van der Waals surface area contributed by atoms with Crippen molar-refractivity contribution in [2.45, 2.75) is 33.1 Å². The van der Waals surface area contributed by atoms with E-state index in [1.165, 1.54) is 3.61 Å². The van der Waals surface area contributed by atoms with E-state index < -0.39 is 20.9 Å². The quantitative estimate of drug-likeness (QED) is 0.324. The van der Waals surface area contributed by atoms with Crippen LogP contribution in [0.4, 0.5) is 0 Å². The second-order valence-corrected chi connectivity index (χ2v) is 7.03. The van der Waals surface area contributed by atoms with Crippen molar-refractivity contribution in [1.82, 2.24) is 0 Å². The van der Waals surface area contributed by atoms with E-state index >= 15 is 0 Å². The molecule has 0 heterocycles. The Balaban J connectivity index is 2.71. The van der Waals surface area contributed by atoms with Gasteiger partial charge in [0.25, 0.3) is 0 Å². The van der Waals surface area contributed by atoms with Crippen molar-refractivity contribution in [3.05, 3.63) is 40.0 Å². The first-order valence-electron chi connectivity index (χ1n) is 6.38. The molecule has 0 aliphatic carbocycles. The van der Waals surface area contributed by atoms with Gasteiger partial charge in [0.2, 0.25) is 0 Å². The second-order valence-electron chi connectivity index (χ2n) is 3.85. The van der Waals surface area contributed by atoms with Crippen LogP contribution in [0, 0.1) is 0 Å². The number of rotatable bonds is 7. The topological polar surface area (TPSA) is 26.3 Å². The number of carbonyl (C=O) groups excluding carboxylic acids is 1. The molecular weight excluding hydrogens is 340 g/mol. The van der Waals surface area contributed by atoms with Crippen LogP contribution >= 0.6 is 0 Å². The van der Waals surface area contributed by atoms with Crippen LogP contribution < -0.4 is 3.61 Å². The third-order valence-corrected chi connectivity index (χ3v) is 5.36. The zero-order valence-corrected chi connectivity index (χ0v) is 13.3. The van der Waals surface area contributed by atoms with E-state index in [2.05, 4.69) is 25.1 Å². The summed E-state index contributed by atoms with van der Waals surface area (Å²) in [6, 6.07) is 10.2. The molecule has 0 saturated heterocycles. The van der Waals surface area contributed by atoms with Crippen molar-refractivity contribution in [3.63, 3.8) is 0 Å². The fourth-order valence-electron chi connectivity index (χ4n) is 1.42. The molecule has 2 nitrogen and oxygen atoms in total. The van der Waals surface area contributed by atoms with E-state index in [0.717, 1.165) is 22.9 Å². The molecule has 0 amide bonds. The Bertz CT molecular complexity index is 385. The summed E-state index contributed by atoms with van der Waals surface area (Å²) < 4.78 is 7.31. The molecule has 0 radical (unpaired) electrons. The Morgan fingerprint density at radius 1 is 1.28 bits per heavy atom. The molecular formula is C15H20O2Te. The van der Waals surface area contributed by atoms with Gasteiger partial charge in [0.05, 0.1) is 0 Å². The summed E-state index contributed by atoms with van der Waals surface area (Å²) in [6.45, 7) is 4.46. The van der Waals surface area contributed by atoms with Gasteiger partial charge in [-0.1, -0.05) is 0 Å². The number of hydrogen-bond donors (Lipinski definition) is 0. The second kappa shape index (κ2) is 9.19. The predicted molar refractivity (Wildman–Crippen MR) is 76.1 cm³/mol. The van der Waals surface area contributed by atoms with Crippen LogP contribution in [-0.2, 0) is 9.53 Å². The first-order valence-corrected chi connectivity index (χ1v) is 8.71. The average molecular weight is 360 g/mol. The number of benzene rings is 1. The van der Waals surface area contributed by atoms with Gasteiger partial charge >= 0.3 is 120 Å². The number of allylic oxidation sites excluding steroid dienone is 1. The van der Waals surface area contributed by atoms with E-state index in [1.807, 2.05) is 25.1 Å². The van der Waals surface area contributed by atoms with E-state index in [1.54, 1.807) is 0 Å². The first-order chi connectivity index (χ1) is 8.77. The number of hydrogen-bond acceptors (Lipinski definition) is 2. The average Bonchev–Trinajstić information content (AvgIpc) is 2.39. The SMILES string of the molecule is CCCC/C=C(\[Te]c1ccccc1)C(=O)OCC. The molecule has 0 aliphatic heterocycles. The maximum absolute atomic E-state index is 11.9. The van der Waals surface area contributed by atoms with Crippen LogP contribution in [0.3, 0.4) is 0 Å². The van der Waals surface area contributed by atoms with E-state index in [-0.39, 0.29) is 5.97 Å². The van der Waals surface area contributed by atoms with Crippen LogP contribution in [0.25, 0.3) is 0 Å². The van der Waals surface area contributed by atoms with Gasteiger partial charge in [0.1, 0.15) is 0 Å². The van der Waals surface area contributed by atoms with Gasteiger partial charge in [-0.3, -0.25) is 0 Å². The van der Waals surface area contributed by atoms with Crippen LogP contribution in [-0.4, -0.2) is 33.5 Å². The number of unbranched alkanes of at least 4 members (excludes halogenated alkanes) is 2. The normalized spacial score (nSPS) is 11.3. The van der Waals surface area contributed by atoms with Crippen molar-refractivity contribution in [1.29, 1.82) is 0 Å². The molecule has 0 atom stereocenters. The van der Waals surface area contributed by atoms with Gasteiger partial charge < -0.3 is 0 Å². The number of ether oxygens (including phenoxy) is 1. The Labute approximate surface area is 120 Å².